The molecule has 19 heavy (non-hydrogen) atoms. The molecule has 0 spiro atoms. The maximum absolute atomic E-state index is 13.0. The van der Waals surface area contributed by atoms with Crippen LogP contribution in [0.1, 0.15) is 15.9 Å². The molecule has 0 unspecified atom stereocenters. The van der Waals surface area contributed by atoms with Crippen LogP contribution in [-0.2, 0) is 0 Å². The summed E-state index contributed by atoms with van der Waals surface area (Å²) in [6, 6.07) is 11.1. The van der Waals surface area contributed by atoms with Gasteiger partial charge in [0.05, 0.1) is 11.3 Å². The number of amides is 1. The van der Waals surface area contributed by atoms with E-state index in [2.05, 4.69) is 5.32 Å². The van der Waals surface area contributed by atoms with Crippen molar-refractivity contribution in [3.8, 4) is 11.8 Å². The van der Waals surface area contributed by atoms with E-state index in [-0.39, 0.29) is 22.6 Å². The first kappa shape index (κ1) is 12.6. The van der Waals surface area contributed by atoms with Crippen LogP contribution in [0.3, 0.4) is 0 Å². The minimum atomic E-state index is -0.549. The summed E-state index contributed by atoms with van der Waals surface area (Å²) in [6.45, 7) is 0. The molecule has 0 saturated carbocycles. The zero-order chi connectivity index (χ0) is 13.8. The van der Waals surface area contributed by atoms with Gasteiger partial charge < -0.3 is 10.4 Å². The van der Waals surface area contributed by atoms with Crippen molar-refractivity contribution in [1.82, 2.24) is 0 Å². The monoisotopic (exact) mass is 256 g/mol. The summed E-state index contributed by atoms with van der Waals surface area (Å²) < 4.78 is 13.0. The number of halogens is 1. The van der Waals surface area contributed by atoms with Gasteiger partial charge in [0.1, 0.15) is 17.6 Å². The quantitative estimate of drug-likeness (QED) is 0.867. The highest BCUT2D eigenvalue weighted by atomic mass is 19.1. The van der Waals surface area contributed by atoms with E-state index in [0.717, 1.165) is 12.1 Å². The number of nitrogens with zero attached hydrogens (tertiary/aromatic N) is 1. The van der Waals surface area contributed by atoms with Crippen LogP contribution in [0.15, 0.2) is 42.5 Å². The maximum Gasteiger partial charge on any atom is 0.255 e. The standard InChI is InChI=1S/C14H9FN2O2/c15-11-4-5-13(10(6-11)8-16)17-14(19)9-2-1-3-12(18)7-9/h1-7,18H,(H,17,19). The molecule has 2 aromatic rings. The number of hydrogen-bond acceptors (Lipinski definition) is 3. The molecule has 5 heteroatoms. The molecule has 0 heterocycles. The molecule has 2 aromatic carbocycles. The van der Waals surface area contributed by atoms with Crippen molar-refractivity contribution in [3.63, 3.8) is 0 Å². The Balaban J connectivity index is 2.27. The fraction of sp³-hybridized carbons (Fsp3) is 0. The number of phenols is 1. The molecule has 0 aliphatic heterocycles. The third kappa shape index (κ3) is 2.87. The molecule has 2 rings (SSSR count). The van der Waals surface area contributed by atoms with E-state index in [1.54, 1.807) is 6.07 Å². The highest BCUT2D eigenvalue weighted by Gasteiger charge is 2.10. The summed E-state index contributed by atoms with van der Waals surface area (Å²) in [6.07, 6.45) is 0. The number of hydrogen-bond donors (Lipinski definition) is 2. The Hall–Kier alpha value is -2.87. The van der Waals surface area contributed by atoms with Gasteiger partial charge in [0.25, 0.3) is 5.91 Å². The number of nitrogens with one attached hydrogen (secondary N) is 1. The van der Waals surface area contributed by atoms with Crippen LogP contribution in [0.2, 0.25) is 0 Å². The molecule has 0 fully saturated rings. The first-order valence-electron chi connectivity index (χ1n) is 5.40. The second-order valence-corrected chi connectivity index (χ2v) is 3.81. The van der Waals surface area contributed by atoms with Crippen LogP contribution < -0.4 is 5.32 Å². The highest BCUT2D eigenvalue weighted by molar-refractivity contribution is 6.05. The Bertz CT molecular complexity index is 677. The number of carbonyl (C=O) groups is 1. The van der Waals surface area contributed by atoms with Gasteiger partial charge in [0.2, 0.25) is 0 Å². The normalized spacial score (nSPS) is 9.68. The molecule has 0 radical (unpaired) electrons. The molecule has 4 nitrogen and oxygen atoms in total. The van der Waals surface area contributed by atoms with Crippen LogP contribution in [0.25, 0.3) is 0 Å². The minimum absolute atomic E-state index is 0.0349. The van der Waals surface area contributed by atoms with E-state index in [1.165, 1.54) is 30.3 Å². The SMILES string of the molecule is N#Cc1cc(F)ccc1NC(=O)c1cccc(O)c1. The summed E-state index contributed by atoms with van der Waals surface area (Å²) in [7, 11) is 0. The smallest absolute Gasteiger partial charge is 0.255 e. The van der Waals surface area contributed by atoms with Crippen LogP contribution in [0, 0.1) is 17.1 Å². The topological polar surface area (TPSA) is 73.1 Å². The van der Waals surface area contributed by atoms with Crippen LogP contribution in [-0.4, -0.2) is 11.0 Å². The summed E-state index contributed by atoms with van der Waals surface area (Å²) in [4.78, 5) is 11.9. The Morgan fingerprint density at radius 1 is 1.26 bits per heavy atom. The summed E-state index contributed by atoms with van der Waals surface area (Å²) in [5.74, 6) is -1.07. The largest absolute Gasteiger partial charge is 0.508 e. The van der Waals surface area contributed by atoms with Crippen molar-refractivity contribution in [2.75, 3.05) is 5.32 Å². The second-order valence-electron chi connectivity index (χ2n) is 3.81. The number of benzene rings is 2. The van der Waals surface area contributed by atoms with E-state index >= 15 is 0 Å². The average Bonchev–Trinajstić information content (AvgIpc) is 2.40. The molecule has 0 aromatic heterocycles. The van der Waals surface area contributed by atoms with Crippen molar-refractivity contribution >= 4 is 11.6 Å². The Kier molecular flexibility index (Phi) is 3.44. The van der Waals surface area contributed by atoms with E-state index in [9.17, 15) is 14.3 Å². The third-order valence-corrected chi connectivity index (χ3v) is 2.46. The van der Waals surface area contributed by atoms with Gasteiger partial charge in [-0.1, -0.05) is 6.07 Å². The fourth-order valence-corrected chi connectivity index (χ4v) is 1.56. The summed E-state index contributed by atoms with van der Waals surface area (Å²) in [5, 5.41) is 20.6. The van der Waals surface area contributed by atoms with Crippen molar-refractivity contribution < 1.29 is 14.3 Å². The number of rotatable bonds is 2. The van der Waals surface area contributed by atoms with Gasteiger partial charge in [-0.2, -0.15) is 5.26 Å². The minimum Gasteiger partial charge on any atom is -0.508 e. The Morgan fingerprint density at radius 3 is 2.74 bits per heavy atom. The maximum atomic E-state index is 13.0. The second kappa shape index (κ2) is 5.19. The average molecular weight is 256 g/mol. The summed E-state index contributed by atoms with van der Waals surface area (Å²) in [5.41, 5.74) is 0.499. The highest BCUT2D eigenvalue weighted by Crippen LogP contribution is 2.18. The molecule has 2 N–H and O–H groups in total. The summed E-state index contributed by atoms with van der Waals surface area (Å²) >= 11 is 0. The third-order valence-electron chi connectivity index (χ3n) is 2.46. The number of nitriles is 1. The lowest BCUT2D eigenvalue weighted by Crippen LogP contribution is -2.12. The van der Waals surface area contributed by atoms with E-state index < -0.39 is 11.7 Å². The van der Waals surface area contributed by atoms with Crippen molar-refractivity contribution in [2.24, 2.45) is 0 Å². The molecule has 1 amide bonds. The number of carbonyl (C=O) groups excluding carboxylic acids is 1. The lowest BCUT2D eigenvalue weighted by atomic mass is 10.1. The first-order chi connectivity index (χ1) is 9.10. The molecular weight excluding hydrogens is 247 g/mol. The zero-order valence-electron chi connectivity index (χ0n) is 9.72. The molecule has 94 valence electrons. The van der Waals surface area contributed by atoms with Gasteiger partial charge in [-0.05, 0) is 36.4 Å². The van der Waals surface area contributed by atoms with Gasteiger partial charge in [0.15, 0.2) is 0 Å². The van der Waals surface area contributed by atoms with E-state index in [4.69, 9.17) is 5.26 Å². The lowest BCUT2D eigenvalue weighted by molar-refractivity contribution is 0.102. The fourth-order valence-electron chi connectivity index (χ4n) is 1.56. The van der Waals surface area contributed by atoms with Gasteiger partial charge in [-0.3, -0.25) is 4.79 Å². The molecule has 0 saturated heterocycles. The van der Waals surface area contributed by atoms with Crippen LogP contribution in [0.4, 0.5) is 10.1 Å². The predicted molar refractivity (Wildman–Crippen MR) is 67.2 cm³/mol. The Morgan fingerprint density at radius 2 is 2.05 bits per heavy atom. The van der Waals surface area contributed by atoms with Crippen molar-refractivity contribution in [1.29, 1.82) is 5.26 Å². The lowest BCUT2D eigenvalue weighted by Gasteiger charge is -2.07. The zero-order valence-corrected chi connectivity index (χ0v) is 9.72. The van der Waals surface area contributed by atoms with Gasteiger partial charge >= 0.3 is 0 Å². The van der Waals surface area contributed by atoms with Gasteiger partial charge in [-0.15, -0.1) is 0 Å². The van der Waals surface area contributed by atoms with E-state index in [0.29, 0.717) is 0 Å². The molecular formula is C14H9FN2O2. The predicted octanol–water partition coefficient (Wildman–Crippen LogP) is 2.66. The number of aromatic hydroxyl groups is 1. The number of anilines is 1. The molecule has 0 aliphatic rings. The van der Waals surface area contributed by atoms with Crippen LogP contribution >= 0.6 is 0 Å². The van der Waals surface area contributed by atoms with Gasteiger partial charge in [0, 0.05) is 5.56 Å². The Labute approximate surface area is 108 Å². The number of phenolic OH excluding ortho intramolecular Hbond substituents is 1. The first-order valence-corrected chi connectivity index (χ1v) is 5.40. The van der Waals surface area contributed by atoms with Gasteiger partial charge in [-0.25, -0.2) is 4.39 Å². The molecule has 0 atom stereocenters. The van der Waals surface area contributed by atoms with Crippen molar-refractivity contribution in [2.45, 2.75) is 0 Å². The molecule has 0 bridgehead atoms. The van der Waals surface area contributed by atoms with E-state index in [1.807, 2.05) is 0 Å². The van der Waals surface area contributed by atoms with Crippen molar-refractivity contribution in [3.05, 3.63) is 59.4 Å². The van der Waals surface area contributed by atoms with Crippen LogP contribution in [0.5, 0.6) is 5.75 Å². The molecule has 0 aliphatic carbocycles.